The van der Waals surface area contributed by atoms with Gasteiger partial charge in [-0.15, -0.1) is 0 Å². The molecular weight excluding hydrogens is 294 g/mol. The number of hydrazine groups is 1. The number of anilines is 1. The molecule has 3 amide bonds. The predicted octanol–water partition coefficient (Wildman–Crippen LogP) is 2.51. The van der Waals surface area contributed by atoms with Crippen molar-refractivity contribution in [1.29, 1.82) is 0 Å². The Hall–Kier alpha value is -2.73. The molecule has 21 heavy (non-hydrogen) atoms. The van der Waals surface area contributed by atoms with Gasteiger partial charge in [-0.1, -0.05) is 11.6 Å². The number of benzene rings is 2. The maximum atomic E-state index is 11.7. The fourth-order valence-corrected chi connectivity index (χ4v) is 1.62. The second kappa shape index (κ2) is 6.62. The van der Waals surface area contributed by atoms with E-state index >= 15 is 0 Å². The van der Waals surface area contributed by atoms with E-state index in [9.17, 15) is 9.59 Å². The van der Waals surface area contributed by atoms with Gasteiger partial charge in [-0.3, -0.25) is 10.2 Å². The third-order valence-corrected chi connectivity index (χ3v) is 2.77. The topological polar surface area (TPSA) is 90.5 Å². The monoisotopic (exact) mass is 305 g/mol. The lowest BCUT2D eigenvalue weighted by molar-refractivity contribution is 0.0938. The fraction of sp³-hybridized carbons (Fsp3) is 0. The van der Waals surface area contributed by atoms with Crippen LogP contribution in [0.1, 0.15) is 10.4 Å². The first-order valence-corrected chi connectivity index (χ1v) is 6.34. The number of urea groups is 1. The van der Waals surface area contributed by atoms with Gasteiger partial charge in [-0.25, -0.2) is 10.2 Å². The van der Waals surface area contributed by atoms with Gasteiger partial charge in [0.1, 0.15) is 5.75 Å². The van der Waals surface area contributed by atoms with Crippen LogP contribution < -0.4 is 16.2 Å². The van der Waals surface area contributed by atoms with Crippen molar-refractivity contribution in [3.63, 3.8) is 0 Å². The van der Waals surface area contributed by atoms with Crippen LogP contribution >= 0.6 is 11.6 Å². The second-order valence-electron chi connectivity index (χ2n) is 4.09. The zero-order chi connectivity index (χ0) is 15.2. The standard InChI is InChI=1S/C14H12ClN3O3/c15-10-3-5-11(6-4-10)16-14(21)18-17-13(20)9-1-7-12(19)8-2-9/h1-8,19H,(H,17,20)(H2,16,18,21). The van der Waals surface area contributed by atoms with E-state index in [1.54, 1.807) is 24.3 Å². The van der Waals surface area contributed by atoms with Gasteiger partial charge in [0.05, 0.1) is 0 Å². The quantitative estimate of drug-likeness (QED) is 0.643. The first kappa shape index (κ1) is 14.7. The molecule has 2 aromatic carbocycles. The molecule has 4 N–H and O–H groups in total. The van der Waals surface area contributed by atoms with E-state index in [1.807, 2.05) is 0 Å². The maximum absolute atomic E-state index is 11.7. The van der Waals surface area contributed by atoms with Crippen molar-refractivity contribution in [3.05, 3.63) is 59.1 Å². The molecule has 0 aliphatic carbocycles. The molecule has 0 saturated heterocycles. The molecule has 0 heterocycles. The number of nitrogens with one attached hydrogen (secondary N) is 3. The molecule has 108 valence electrons. The van der Waals surface area contributed by atoms with Crippen molar-refractivity contribution in [3.8, 4) is 5.75 Å². The van der Waals surface area contributed by atoms with Crippen molar-refractivity contribution in [2.45, 2.75) is 0 Å². The van der Waals surface area contributed by atoms with Crippen molar-refractivity contribution < 1.29 is 14.7 Å². The van der Waals surface area contributed by atoms with Crippen LogP contribution in [0.4, 0.5) is 10.5 Å². The SMILES string of the molecule is O=C(NNC(=O)c1ccc(O)cc1)Nc1ccc(Cl)cc1. The van der Waals surface area contributed by atoms with Crippen molar-refractivity contribution in [2.75, 3.05) is 5.32 Å². The Morgan fingerprint density at radius 1 is 0.905 bits per heavy atom. The summed E-state index contributed by atoms with van der Waals surface area (Å²) >= 11 is 5.73. The molecule has 0 radical (unpaired) electrons. The van der Waals surface area contributed by atoms with Crippen LogP contribution in [0.2, 0.25) is 5.02 Å². The fourth-order valence-electron chi connectivity index (χ4n) is 1.49. The second-order valence-corrected chi connectivity index (χ2v) is 4.52. The lowest BCUT2D eigenvalue weighted by Crippen LogP contribution is -2.43. The minimum absolute atomic E-state index is 0.0555. The van der Waals surface area contributed by atoms with E-state index in [-0.39, 0.29) is 5.75 Å². The van der Waals surface area contributed by atoms with E-state index < -0.39 is 11.9 Å². The van der Waals surface area contributed by atoms with Crippen LogP contribution in [0.25, 0.3) is 0 Å². The molecule has 0 aliphatic rings. The molecule has 6 nitrogen and oxygen atoms in total. The number of rotatable bonds is 2. The maximum Gasteiger partial charge on any atom is 0.337 e. The van der Waals surface area contributed by atoms with Crippen LogP contribution in [0.15, 0.2) is 48.5 Å². The van der Waals surface area contributed by atoms with Gasteiger partial charge in [-0.05, 0) is 48.5 Å². The Kier molecular flexibility index (Phi) is 4.63. The number of phenolic OH excluding ortho intramolecular Hbond substituents is 1. The van der Waals surface area contributed by atoms with Gasteiger partial charge < -0.3 is 10.4 Å². The van der Waals surface area contributed by atoms with Crippen LogP contribution in [0, 0.1) is 0 Å². The van der Waals surface area contributed by atoms with Crippen LogP contribution in [-0.4, -0.2) is 17.0 Å². The van der Waals surface area contributed by atoms with Gasteiger partial charge in [0, 0.05) is 16.3 Å². The zero-order valence-electron chi connectivity index (χ0n) is 10.8. The van der Waals surface area contributed by atoms with Crippen LogP contribution in [0.3, 0.4) is 0 Å². The first-order valence-electron chi connectivity index (χ1n) is 5.96. The zero-order valence-corrected chi connectivity index (χ0v) is 11.5. The number of hydrogen-bond donors (Lipinski definition) is 4. The summed E-state index contributed by atoms with van der Waals surface area (Å²) in [6.07, 6.45) is 0. The molecule has 0 atom stereocenters. The molecular formula is C14H12ClN3O3. The molecule has 0 fully saturated rings. The van der Waals surface area contributed by atoms with E-state index in [4.69, 9.17) is 16.7 Å². The largest absolute Gasteiger partial charge is 0.508 e. The number of carbonyl (C=O) groups is 2. The van der Waals surface area contributed by atoms with Gasteiger partial charge in [0.15, 0.2) is 0 Å². The molecule has 0 spiro atoms. The molecule has 7 heteroatoms. The van der Waals surface area contributed by atoms with Crippen molar-refractivity contribution in [2.24, 2.45) is 0 Å². The summed E-state index contributed by atoms with van der Waals surface area (Å²) in [5, 5.41) is 12.2. The van der Waals surface area contributed by atoms with Crippen LogP contribution in [0.5, 0.6) is 5.75 Å². The smallest absolute Gasteiger partial charge is 0.337 e. The number of carbonyl (C=O) groups excluding carboxylic acids is 2. The normalized spacial score (nSPS) is 9.76. The number of amides is 3. The molecule has 0 aliphatic heterocycles. The summed E-state index contributed by atoms with van der Waals surface area (Å²) in [7, 11) is 0. The van der Waals surface area contributed by atoms with Gasteiger partial charge in [0.2, 0.25) is 0 Å². The van der Waals surface area contributed by atoms with Crippen molar-refractivity contribution >= 4 is 29.2 Å². The highest BCUT2D eigenvalue weighted by molar-refractivity contribution is 6.30. The number of aromatic hydroxyl groups is 1. The average molecular weight is 306 g/mol. The molecule has 0 unspecified atom stereocenters. The Labute approximate surface area is 125 Å². The molecule has 0 bridgehead atoms. The first-order chi connectivity index (χ1) is 10.0. The van der Waals surface area contributed by atoms with Gasteiger partial charge >= 0.3 is 6.03 Å². The molecule has 2 aromatic rings. The van der Waals surface area contributed by atoms with E-state index in [0.29, 0.717) is 16.3 Å². The molecule has 0 aromatic heterocycles. The summed E-state index contributed by atoms with van der Waals surface area (Å²) in [5.74, 6) is -0.443. The van der Waals surface area contributed by atoms with Crippen LogP contribution in [-0.2, 0) is 0 Å². The Morgan fingerprint density at radius 3 is 2.14 bits per heavy atom. The summed E-state index contributed by atoms with van der Waals surface area (Å²) in [6.45, 7) is 0. The average Bonchev–Trinajstić information content (AvgIpc) is 2.48. The van der Waals surface area contributed by atoms with Gasteiger partial charge in [-0.2, -0.15) is 0 Å². The minimum Gasteiger partial charge on any atom is -0.508 e. The third kappa shape index (κ3) is 4.39. The minimum atomic E-state index is -0.593. The van der Waals surface area contributed by atoms with E-state index in [2.05, 4.69) is 16.2 Å². The van der Waals surface area contributed by atoms with E-state index in [1.165, 1.54) is 24.3 Å². The highest BCUT2D eigenvalue weighted by Crippen LogP contribution is 2.13. The Bertz CT molecular complexity index is 642. The predicted molar refractivity (Wildman–Crippen MR) is 79.2 cm³/mol. The summed E-state index contributed by atoms with van der Waals surface area (Å²) in [4.78, 5) is 23.3. The molecule has 2 rings (SSSR count). The number of halogens is 1. The third-order valence-electron chi connectivity index (χ3n) is 2.52. The lowest BCUT2D eigenvalue weighted by Gasteiger charge is -2.09. The number of hydrogen-bond acceptors (Lipinski definition) is 3. The highest BCUT2D eigenvalue weighted by Gasteiger charge is 2.07. The Balaban J connectivity index is 1.84. The summed E-state index contributed by atoms with van der Waals surface area (Å²) in [6, 6.07) is 11.5. The van der Waals surface area contributed by atoms with Crippen molar-refractivity contribution in [1.82, 2.24) is 10.9 Å². The number of phenols is 1. The Morgan fingerprint density at radius 2 is 1.52 bits per heavy atom. The van der Waals surface area contributed by atoms with Gasteiger partial charge in [0.25, 0.3) is 5.91 Å². The summed E-state index contributed by atoms with van der Waals surface area (Å²) < 4.78 is 0. The highest BCUT2D eigenvalue weighted by atomic mass is 35.5. The summed E-state index contributed by atoms with van der Waals surface area (Å²) in [5.41, 5.74) is 5.30. The van der Waals surface area contributed by atoms with E-state index in [0.717, 1.165) is 0 Å². The molecule has 0 saturated carbocycles. The lowest BCUT2D eigenvalue weighted by atomic mass is 10.2.